The molecule has 2 aliphatic heterocycles. The van der Waals surface area contributed by atoms with Gasteiger partial charge in [-0.1, -0.05) is 18.2 Å². The number of hydroxylamine groups is 1. The quantitative estimate of drug-likeness (QED) is 0.462. The predicted octanol–water partition coefficient (Wildman–Crippen LogP) is 3.23. The van der Waals surface area contributed by atoms with Gasteiger partial charge >= 0.3 is 0 Å². The zero-order valence-corrected chi connectivity index (χ0v) is 16.6. The van der Waals surface area contributed by atoms with Crippen molar-refractivity contribution < 1.29 is 19.2 Å². The highest BCUT2D eigenvalue weighted by atomic mass is 19.1. The fourth-order valence-electron chi connectivity index (χ4n) is 4.61. The molecule has 1 spiro atoms. The molecule has 2 aromatic carbocycles. The molecule has 4 rings (SSSR count). The van der Waals surface area contributed by atoms with Crippen LogP contribution in [0.4, 0.5) is 10.1 Å². The normalized spacial score (nSPS) is 21.0. The number of rotatable bonds is 4. The highest BCUT2D eigenvalue weighted by Gasteiger charge is 2.48. The second-order valence-electron chi connectivity index (χ2n) is 7.83. The van der Waals surface area contributed by atoms with Crippen LogP contribution in [0.3, 0.4) is 0 Å². The first-order valence-electron chi connectivity index (χ1n) is 10.1. The standard InChI is InChI=1S/C23H24FN3O3/c24-19-9-6-18(7-10-19)22(29)27-14-3-12-23(27)13-15-26(16-23)20-5-2-1-4-17(20)8-11-21(28)25-30/h1-2,4-11,30H,3,12-16H2,(H,25,28). The molecule has 2 fully saturated rings. The van der Waals surface area contributed by atoms with E-state index in [1.807, 2.05) is 29.2 Å². The van der Waals surface area contributed by atoms with Crippen LogP contribution in [0.2, 0.25) is 0 Å². The van der Waals surface area contributed by atoms with E-state index in [1.54, 1.807) is 23.7 Å². The van der Waals surface area contributed by atoms with E-state index in [4.69, 9.17) is 5.21 Å². The Morgan fingerprint density at radius 1 is 1.07 bits per heavy atom. The zero-order valence-electron chi connectivity index (χ0n) is 16.6. The first kappa shape index (κ1) is 20.1. The van der Waals surface area contributed by atoms with Gasteiger partial charge in [-0.25, -0.2) is 9.87 Å². The van der Waals surface area contributed by atoms with Crippen LogP contribution >= 0.6 is 0 Å². The number of anilines is 1. The topological polar surface area (TPSA) is 72.9 Å². The van der Waals surface area contributed by atoms with Crippen LogP contribution < -0.4 is 10.4 Å². The largest absolute Gasteiger partial charge is 0.369 e. The molecule has 2 aliphatic rings. The number of para-hydroxylation sites is 1. The molecule has 6 nitrogen and oxygen atoms in total. The SMILES string of the molecule is O=C(C=Cc1ccccc1N1CCC2(CCCN2C(=O)c2ccc(F)cc2)C1)NO. The lowest BCUT2D eigenvalue weighted by atomic mass is 9.94. The van der Waals surface area contributed by atoms with Crippen LogP contribution in [-0.2, 0) is 4.79 Å². The number of halogens is 1. The lowest BCUT2D eigenvalue weighted by Crippen LogP contribution is -2.49. The summed E-state index contributed by atoms with van der Waals surface area (Å²) < 4.78 is 13.3. The van der Waals surface area contributed by atoms with Gasteiger partial charge < -0.3 is 9.80 Å². The number of hydrogen-bond acceptors (Lipinski definition) is 4. The molecule has 0 saturated carbocycles. The van der Waals surface area contributed by atoms with Crippen molar-refractivity contribution >= 4 is 23.6 Å². The fourth-order valence-corrected chi connectivity index (χ4v) is 4.61. The number of carbonyl (C=O) groups excluding carboxylic acids is 2. The van der Waals surface area contributed by atoms with Crippen molar-refractivity contribution in [2.75, 3.05) is 24.5 Å². The molecule has 2 aromatic rings. The van der Waals surface area contributed by atoms with E-state index in [0.29, 0.717) is 18.7 Å². The van der Waals surface area contributed by atoms with Gasteiger partial charge in [0, 0.05) is 37.0 Å². The van der Waals surface area contributed by atoms with E-state index in [-0.39, 0.29) is 17.3 Å². The lowest BCUT2D eigenvalue weighted by molar-refractivity contribution is -0.124. The van der Waals surface area contributed by atoms with Gasteiger partial charge in [0.15, 0.2) is 0 Å². The van der Waals surface area contributed by atoms with Gasteiger partial charge in [0.1, 0.15) is 5.82 Å². The van der Waals surface area contributed by atoms with E-state index in [2.05, 4.69) is 4.90 Å². The molecule has 2 N–H and O–H groups in total. The van der Waals surface area contributed by atoms with Crippen LogP contribution in [0.25, 0.3) is 6.08 Å². The Morgan fingerprint density at radius 3 is 2.60 bits per heavy atom. The summed E-state index contributed by atoms with van der Waals surface area (Å²) >= 11 is 0. The average molecular weight is 409 g/mol. The van der Waals surface area contributed by atoms with E-state index in [9.17, 15) is 14.0 Å². The molecule has 2 amide bonds. The van der Waals surface area contributed by atoms with Crippen molar-refractivity contribution in [3.8, 4) is 0 Å². The molecule has 7 heteroatoms. The molecule has 0 aromatic heterocycles. The Balaban J connectivity index is 1.56. The number of carbonyl (C=O) groups is 2. The maximum atomic E-state index is 13.3. The summed E-state index contributed by atoms with van der Waals surface area (Å²) in [6, 6.07) is 13.5. The minimum atomic E-state index is -0.588. The molecule has 0 bridgehead atoms. The summed E-state index contributed by atoms with van der Waals surface area (Å²) in [5.74, 6) is -0.994. The Hall–Kier alpha value is -3.19. The number of nitrogens with one attached hydrogen (secondary N) is 1. The van der Waals surface area contributed by atoms with E-state index < -0.39 is 5.91 Å². The number of nitrogens with zero attached hydrogens (tertiary/aromatic N) is 2. The molecule has 156 valence electrons. The minimum Gasteiger partial charge on any atom is -0.369 e. The van der Waals surface area contributed by atoms with Gasteiger partial charge in [0.05, 0.1) is 5.54 Å². The second-order valence-corrected chi connectivity index (χ2v) is 7.83. The van der Waals surface area contributed by atoms with E-state index in [1.165, 1.54) is 18.2 Å². The van der Waals surface area contributed by atoms with Crippen molar-refractivity contribution in [2.45, 2.75) is 24.8 Å². The van der Waals surface area contributed by atoms with Crippen LogP contribution in [0.5, 0.6) is 0 Å². The first-order valence-corrected chi connectivity index (χ1v) is 10.1. The van der Waals surface area contributed by atoms with Crippen LogP contribution in [0.15, 0.2) is 54.6 Å². The van der Waals surface area contributed by atoms with Gasteiger partial charge in [-0.05, 0) is 61.2 Å². The summed E-state index contributed by atoms with van der Waals surface area (Å²) in [4.78, 5) is 28.7. The Bertz CT molecular complexity index is 976. The van der Waals surface area contributed by atoms with Gasteiger partial charge in [0.25, 0.3) is 11.8 Å². The average Bonchev–Trinajstić information content (AvgIpc) is 3.39. The van der Waals surface area contributed by atoms with Crippen LogP contribution in [-0.4, -0.2) is 47.1 Å². The summed E-state index contributed by atoms with van der Waals surface area (Å²) in [7, 11) is 0. The van der Waals surface area contributed by atoms with Crippen molar-refractivity contribution in [2.24, 2.45) is 0 Å². The van der Waals surface area contributed by atoms with E-state index >= 15 is 0 Å². The summed E-state index contributed by atoms with van der Waals surface area (Å²) in [5.41, 5.74) is 3.71. The highest BCUT2D eigenvalue weighted by molar-refractivity contribution is 5.95. The van der Waals surface area contributed by atoms with Gasteiger partial charge in [-0.15, -0.1) is 0 Å². The third kappa shape index (κ3) is 3.80. The summed E-state index contributed by atoms with van der Waals surface area (Å²) in [6.45, 7) is 2.20. The van der Waals surface area contributed by atoms with Crippen molar-refractivity contribution in [1.82, 2.24) is 10.4 Å². The summed E-state index contributed by atoms with van der Waals surface area (Å²) in [5, 5.41) is 8.70. The van der Waals surface area contributed by atoms with Gasteiger partial charge in [0.2, 0.25) is 0 Å². The van der Waals surface area contributed by atoms with Crippen molar-refractivity contribution in [1.29, 1.82) is 0 Å². The number of likely N-dealkylation sites (tertiary alicyclic amines) is 1. The lowest BCUT2D eigenvalue weighted by Gasteiger charge is -2.35. The highest BCUT2D eigenvalue weighted by Crippen LogP contribution is 2.41. The van der Waals surface area contributed by atoms with Crippen LogP contribution in [0.1, 0.15) is 35.2 Å². The predicted molar refractivity (Wildman–Crippen MR) is 112 cm³/mol. The van der Waals surface area contributed by atoms with Crippen LogP contribution in [0, 0.1) is 5.82 Å². The van der Waals surface area contributed by atoms with E-state index in [0.717, 1.165) is 37.1 Å². The molecule has 1 atom stereocenters. The Morgan fingerprint density at radius 2 is 1.83 bits per heavy atom. The van der Waals surface area contributed by atoms with Gasteiger partial charge in [-0.2, -0.15) is 0 Å². The molecular formula is C23H24FN3O3. The Kier molecular flexibility index (Phi) is 5.55. The van der Waals surface area contributed by atoms with Crippen molar-refractivity contribution in [3.05, 3.63) is 71.6 Å². The second kappa shape index (κ2) is 8.28. The fraction of sp³-hybridized carbons (Fsp3) is 0.304. The first-order chi connectivity index (χ1) is 14.5. The molecule has 0 aliphatic carbocycles. The molecule has 2 heterocycles. The third-order valence-electron chi connectivity index (χ3n) is 6.07. The maximum absolute atomic E-state index is 13.3. The number of amides is 2. The molecule has 30 heavy (non-hydrogen) atoms. The van der Waals surface area contributed by atoms with Crippen molar-refractivity contribution in [3.63, 3.8) is 0 Å². The minimum absolute atomic E-state index is 0.0536. The Labute approximate surface area is 174 Å². The molecule has 2 saturated heterocycles. The maximum Gasteiger partial charge on any atom is 0.267 e. The van der Waals surface area contributed by atoms with Gasteiger partial charge in [-0.3, -0.25) is 14.8 Å². The zero-order chi connectivity index (χ0) is 21.1. The number of benzene rings is 2. The molecule has 0 radical (unpaired) electrons. The molecule has 1 unspecified atom stereocenters. The third-order valence-corrected chi connectivity index (χ3v) is 6.07. The smallest absolute Gasteiger partial charge is 0.267 e. The molecular weight excluding hydrogens is 385 g/mol. The number of hydrogen-bond donors (Lipinski definition) is 2. The summed E-state index contributed by atoms with van der Waals surface area (Å²) in [6.07, 6.45) is 5.68. The monoisotopic (exact) mass is 409 g/mol.